The summed E-state index contributed by atoms with van der Waals surface area (Å²) in [5.74, 6) is 0.590. The van der Waals surface area contributed by atoms with Crippen molar-refractivity contribution >= 4 is 28.8 Å². The Bertz CT molecular complexity index is 1070. The van der Waals surface area contributed by atoms with Crippen LogP contribution in [0.1, 0.15) is 48.2 Å². The van der Waals surface area contributed by atoms with Gasteiger partial charge in [-0.1, -0.05) is 49.1 Å². The number of carbonyl (C=O) groups excluding carboxylic acids is 1. The van der Waals surface area contributed by atoms with Crippen LogP contribution in [0.2, 0.25) is 5.02 Å². The lowest BCUT2D eigenvalue weighted by atomic mass is 9.89. The number of aromatic nitrogens is 2. The van der Waals surface area contributed by atoms with E-state index in [2.05, 4.69) is 9.88 Å². The van der Waals surface area contributed by atoms with Crippen molar-refractivity contribution in [2.75, 3.05) is 20.3 Å². The minimum Gasteiger partial charge on any atom is -0.383 e. The van der Waals surface area contributed by atoms with Gasteiger partial charge in [-0.2, -0.15) is 0 Å². The van der Waals surface area contributed by atoms with Crippen LogP contribution in [0.3, 0.4) is 0 Å². The third kappa shape index (κ3) is 5.08. The average molecular weight is 472 g/mol. The molecule has 0 spiro atoms. The molecule has 1 aromatic carbocycles. The third-order valence-electron chi connectivity index (χ3n) is 6.28. The minimum atomic E-state index is -0.00736. The first-order chi connectivity index (χ1) is 15.6. The zero-order chi connectivity index (χ0) is 22.5. The molecule has 1 saturated carbocycles. The Labute approximate surface area is 198 Å². The van der Waals surface area contributed by atoms with Crippen molar-refractivity contribution < 1.29 is 9.53 Å². The Hall–Kier alpha value is -2.15. The monoisotopic (exact) mass is 471 g/mol. The van der Waals surface area contributed by atoms with Gasteiger partial charge in [-0.3, -0.25) is 4.79 Å². The first-order valence-electron chi connectivity index (χ1n) is 11.3. The van der Waals surface area contributed by atoms with Crippen molar-refractivity contribution in [2.45, 2.75) is 45.6 Å². The highest BCUT2D eigenvalue weighted by Crippen LogP contribution is 2.34. The fourth-order valence-electron chi connectivity index (χ4n) is 4.43. The summed E-state index contributed by atoms with van der Waals surface area (Å²) in [5, 5.41) is 6.75. The number of hydrogen-bond donors (Lipinski definition) is 1. The molecule has 0 aliphatic heterocycles. The summed E-state index contributed by atoms with van der Waals surface area (Å²) in [6.45, 7) is 3.97. The molecule has 170 valence electrons. The van der Waals surface area contributed by atoms with Crippen LogP contribution in [0.25, 0.3) is 22.0 Å². The first kappa shape index (κ1) is 23.0. The van der Waals surface area contributed by atoms with Crippen LogP contribution < -0.4 is 5.32 Å². The molecule has 5 nitrogen and oxygen atoms in total. The number of benzene rings is 1. The molecule has 0 radical (unpaired) electrons. The number of methoxy groups -OCH3 is 1. The maximum atomic E-state index is 13.1. The molecule has 0 saturated heterocycles. The molecule has 0 unspecified atom stereocenters. The van der Waals surface area contributed by atoms with Gasteiger partial charge >= 0.3 is 0 Å². The topological polar surface area (TPSA) is 56.2 Å². The second-order valence-corrected chi connectivity index (χ2v) is 9.67. The van der Waals surface area contributed by atoms with Gasteiger partial charge < -0.3 is 14.6 Å². The lowest BCUT2D eigenvalue weighted by molar-refractivity contribution is 0.0942. The minimum absolute atomic E-state index is 0.00736. The fourth-order valence-corrected chi connectivity index (χ4v) is 5.57. The Morgan fingerprint density at radius 2 is 2.06 bits per heavy atom. The molecule has 0 atom stereocenters. The second-order valence-electron chi connectivity index (χ2n) is 8.40. The van der Waals surface area contributed by atoms with E-state index in [9.17, 15) is 4.79 Å². The highest BCUT2D eigenvalue weighted by Gasteiger charge is 2.22. The van der Waals surface area contributed by atoms with Crippen molar-refractivity contribution in [1.29, 1.82) is 0 Å². The van der Waals surface area contributed by atoms with E-state index in [0.717, 1.165) is 34.2 Å². The second kappa shape index (κ2) is 10.6. The number of halogens is 1. The SMILES string of the molecule is COCCn1c(-c2csc(-c3ccccc3Cl)n2)cc(C(=O)NCC2CCCCC2)c1C. The summed E-state index contributed by atoms with van der Waals surface area (Å²) in [7, 11) is 1.69. The molecule has 1 fully saturated rings. The van der Waals surface area contributed by atoms with Gasteiger partial charge in [0, 0.05) is 36.8 Å². The summed E-state index contributed by atoms with van der Waals surface area (Å²) < 4.78 is 7.45. The summed E-state index contributed by atoms with van der Waals surface area (Å²) in [6.07, 6.45) is 6.29. The molecule has 2 aromatic heterocycles. The van der Waals surface area contributed by atoms with Gasteiger partial charge in [0.05, 0.1) is 28.6 Å². The number of nitrogens with zero attached hydrogens (tertiary/aromatic N) is 2. The quantitative estimate of drug-likeness (QED) is 0.425. The van der Waals surface area contributed by atoms with E-state index in [-0.39, 0.29) is 5.91 Å². The van der Waals surface area contributed by atoms with Gasteiger partial charge in [-0.25, -0.2) is 4.98 Å². The van der Waals surface area contributed by atoms with Gasteiger partial charge in [0.15, 0.2) is 0 Å². The zero-order valence-corrected chi connectivity index (χ0v) is 20.3. The van der Waals surface area contributed by atoms with E-state index in [1.165, 1.54) is 32.1 Å². The summed E-state index contributed by atoms with van der Waals surface area (Å²) in [4.78, 5) is 17.9. The van der Waals surface area contributed by atoms with Gasteiger partial charge in [0.1, 0.15) is 5.01 Å². The molecule has 1 aliphatic carbocycles. The van der Waals surface area contributed by atoms with E-state index in [0.29, 0.717) is 29.7 Å². The Balaban J connectivity index is 1.60. The van der Waals surface area contributed by atoms with Gasteiger partial charge in [-0.05, 0) is 37.8 Å². The molecule has 1 aliphatic rings. The van der Waals surface area contributed by atoms with Crippen molar-refractivity contribution in [3.8, 4) is 22.0 Å². The van der Waals surface area contributed by atoms with Crippen LogP contribution in [-0.2, 0) is 11.3 Å². The van der Waals surface area contributed by atoms with Gasteiger partial charge in [0.2, 0.25) is 0 Å². The lowest BCUT2D eigenvalue weighted by Crippen LogP contribution is -2.30. The molecular formula is C25H30ClN3O2S. The van der Waals surface area contributed by atoms with Gasteiger partial charge in [0.25, 0.3) is 5.91 Å². The Morgan fingerprint density at radius 3 is 2.81 bits per heavy atom. The highest BCUT2D eigenvalue weighted by molar-refractivity contribution is 7.13. The number of thiazole rings is 1. The number of amides is 1. The van der Waals surface area contributed by atoms with E-state index in [1.54, 1.807) is 18.4 Å². The lowest BCUT2D eigenvalue weighted by Gasteiger charge is -2.21. The molecule has 3 aromatic rings. The van der Waals surface area contributed by atoms with Crippen LogP contribution in [0.5, 0.6) is 0 Å². The fraction of sp³-hybridized carbons (Fsp3) is 0.440. The van der Waals surface area contributed by atoms with E-state index < -0.39 is 0 Å². The summed E-state index contributed by atoms with van der Waals surface area (Å²) in [5.41, 5.74) is 4.33. The molecule has 1 N–H and O–H groups in total. The summed E-state index contributed by atoms with van der Waals surface area (Å²) in [6, 6.07) is 9.69. The molecule has 1 amide bonds. The molecule has 4 rings (SSSR count). The van der Waals surface area contributed by atoms with Crippen LogP contribution in [0, 0.1) is 12.8 Å². The van der Waals surface area contributed by atoms with Gasteiger partial charge in [-0.15, -0.1) is 11.3 Å². The Morgan fingerprint density at radius 1 is 1.28 bits per heavy atom. The number of carbonyl (C=O) groups is 1. The van der Waals surface area contributed by atoms with Crippen LogP contribution >= 0.6 is 22.9 Å². The predicted molar refractivity (Wildman–Crippen MR) is 132 cm³/mol. The van der Waals surface area contributed by atoms with Crippen molar-refractivity contribution in [3.05, 3.63) is 52.0 Å². The van der Waals surface area contributed by atoms with E-state index in [4.69, 9.17) is 21.3 Å². The largest absolute Gasteiger partial charge is 0.383 e. The van der Waals surface area contributed by atoms with Crippen molar-refractivity contribution in [1.82, 2.24) is 14.9 Å². The molecule has 7 heteroatoms. The predicted octanol–water partition coefficient (Wildman–Crippen LogP) is 6.20. The number of nitrogens with one attached hydrogen (secondary N) is 1. The standard InChI is InChI=1S/C25H30ClN3O2S/c1-17-20(24(30)27-15-18-8-4-3-5-9-18)14-23(29(17)12-13-31-2)22-16-32-25(28-22)19-10-6-7-11-21(19)26/h6-7,10-11,14,16,18H,3-5,8-9,12-13,15H2,1-2H3,(H,27,30). The molecule has 32 heavy (non-hydrogen) atoms. The number of rotatable bonds is 8. The normalized spacial score (nSPS) is 14.6. The van der Waals surface area contributed by atoms with Crippen LogP contribution in [0.4, 0.5) is 0 Å². The molecule has 0 bridgehead atoms. The van der Waals surface area contributed by atoms with E-state index >= 15 is 0 Å². The smallest absolute Gasteiger partial charge is 0.253 e. The highest BCUT2D eigenvalue weighted by atomic mass is 35.5. The summed E-state index contributed by atoms with van der Waals surface area (Å²) >= 11 is 7.93. The molecular weight excluding hydrogens is 442 g/mol. The average Bonchev–Trinajstić information content (AvgIpc) is 3.42. The van der Waals surface area contributed by atoms with Crippen LogP contribution in [0.15, 0.2) is 35.7 Å². The third-order valence-corrected chi connectivity index (χ3v) is 7.48. The number of hydrogen-bond acceptors (Lipinski definition) is 4. The maximum absolute atomic E-state index is 13.1. The van der Waals surface area contributed by atoms with Crippen molar-refractivity contribution in [3.63, 3.8) is 0 Å². The maximum Gasteiger partial charge on any atom is 0.253 e. The van der Waals surface area contributed by atoms with Crippen molar-refractivity contribution in [2.24, 2.45) is 5.92 Å². The number of ether oxygens (including phenoxy) is 1. The molecule has 2 heterocycles. The van der Waals surface area contributed by atoms with E-state index in [1.807, 2.05) is 42.6 Å². The zero-order valence-electron chi connectivity index (χ0n) is 18.7. The van der Waals surface area contributed by atoms with Crippen LogP contribution in [-0.4, -0.2) is 35.7 Å². The Kier molecular flexibility index (Phi) is 7.66. The first-order valence-corrected chi connectivity index (χ1v) is 12.5.